The maximum Gasteiger partial charge on any atom is 0.438 e. The van der Waals surface area contributed by atoms with Crippen molar-refractivity contribution in [2.24, 2.45) is 5.92 Å². The molecule has 0 saturated heterocycles. The molecule has 1 unspecified atom stereocenters. The van der Waals surface area contributed by atoms with Gasteiger partial charge in [-0.2, -0.15) is 70.2 Å². The van der Waals surface area contributed by atoms with Crippen molar-refractivity contribution in [2.75, 3.05) is 6.61 Å². The van der Waals surface area contributed by atoms with Gasteiger partial charge in [0.2, 0.25) is 0 Å². The van der Waals surface area contributed by atoms with Gasteiger partial charge >= 0.3 is 53.6 Å². The first-order chi connectivity index (χ1) is 15.5. The zero-order valence-electron chi connectivity index (χ0n) is 17.6. The summed E-state index contributed by atoms with van der Waals surface area (Å²) in [6.45, 7) is 4.17. The molecule has 0 saturated carbocycles. The molecule has 2 nitrogen and oxygen atoms in total. The summed E-state index contributed by atoms with van der Waals surface area (Å²) >= 11 is 0. The van der Waals surface area contributed by atoms with Gasteiger partial charge in [-0.05, 0) is 19.3 Å². The highest BCUT2D eigenvalue weighted by Gasteiger charge is 2.97. The third kappa shape index (κ3) is 5.33. The molecule has 0 aliphatic heterocycles. The number of rotatable bonds is 11. The smallest absolute Gasteiger partial charge is 0.438 e. The number of hydrogen-bond donors (Lipinski definition) is 0. The molecule has 0 aromatic carbocycles. The minimum Gasteiger partial charge on any atom is -0.462 e. The minimum absolute atomic E-state index is 0.247. The van der Waals surface area contributed by atoms with Crippen molar-refractivity contribution >= 4 is 5.97 Å². The third-order valence-corrected chi connectivity index (χ3v) is 4.65. The lowest BCUT2D eigenvalue weighted by atomic mass is 9.83. The van der Waals surface area contributed by atoms with E-state index in [9.17, 15) is 79.4 Å². The van der Waals surface area contributed by atoms with Gasteiger partial charge < -0.3 is 4.74 Å². The van der Waals surface area contributed by atoms with Crippen LogP contribution in [0.5, 0.6) is 0 Å². The molecule has 0 N–H and O–H groups in total. The van der Waals surface area contributed by atoms with Gasteiger partial charge in [-0.1, -0.05) is 13.5 Å². The van der Waals surface area contributed by atoms with Crippen molar-refractivity contribution in [3.05, 3.63) is 12.2 Å². The summed E-state index contributed by atoms with van der Waals surface area (Å²) in [4.78, 5) is 11.1. The number of esters is 1. The van der Waals surface area contributed by atoms with Gasteiger partial charge in [-0.25, -0.2) is 9.18 Å². The van der Waals surface area contributed by atoms with Crippen LogP contribution in [0.1, 0.15) is 26.7 Å². The second kappa shape index (κ2) is 9.72. The lowest BCUT2D eigenvalue weighted by Gasteiger charge is -2.44. The highest BCUT2D eigenvalue weighted by Crippen LogP contribution is 2.65. The standard InChI is InChI=1S/C17H15F17O2/c1-7(2)9(35)36-6-8(3)4-5-10(18,19)12(21,22)14(25,26)15(27,28)13(23,24)11(20,16(29,30)31)17(32,33)34/h8H,1,4-6H2,2-3H3. The fourth-order valence-corrected chi connectivity index (χ4v) is 2.37. The molecule has 214 valence electrons. The van der Waals surface area contributed by atoms with Crippen LogP contribution in [0.2, 0.25) is 0 Å². The summed E-state index contributed by atoms with van der Waals surface area (Å²) in [7, 11) is 0. The van der Waals surface area contributed by atoms with Crippen LogP contribution in [0, 0.1) is 5.92 Å². The van der Waals surface area contributed by atoms with Crippen LogP contribution in [-0.4, -0.2) is 60.2 Å². The first kappa shape index (κ1) is 34.0. The summed E-state index contributed by atoms with van der Waals surface area (Å²) in [5, 5.41) is 0. The largest absolute Gasteiger partial charge is 0.462 e. The topological polar surface area (TPSA) is 26.3 Å². The van der Waals surface area contributed by atoms with Crippen LogP contribution >= 0.6 is 0 Å². The van der Waals surface area contributed by atoms with Crippen LogP contribution in [0.3, 0.4) is 0 Å². The van der Waals surface area contributed by atoms with E-state index >= 15 is 0 Å². The molecule has 0 aromatic rings. The fourth-order valence-electron chi connectivity index (χ4n) is 2.37. The van der Waals surface area contributed by atoms with Crippen LogP contribution in [-0.2, 0) is 9.53 Å². The second-order valence-electron chi connectivity index (χ2n) is 7.68. The Hall–Kier alpha value is -1.98. The number of hydrogen-bond acceptors (Lipinski definition) is 2. The first-order valence-corrected chi connectivity index (χ1v) is 9.01. The quantitative estimate of drug-likeness (QED) is 0.145. The zero-order valence-corrected chi connectivity index (χ0v) is 17.6. The van der Waals surface area contributed by atoms with Crippen molar-refractivity contribution in [3.63, 3.8) is 0 Å². The van der Waals surface area contributed by atoms with Crippen LogP contribution in [0.4, 0.5) is 74.6 Å². The second-order valence-corrected chi connectivity index (χ2v) is 7.68. The summed E-state index contributed by atoms with van der Waals surface area (Å²) in [6.07, 6.45) is -20.3. The van der Waals surface area contributed by atoms with E-state index in [0.29, 0.717) is 0 Å². The predicted molar refractivity (Wildman–Crippen MR) is 84.9 cm³/mol. The summed E-state index contributed by atoms with van der Waals surface area (Å²) in [6, 6.07) is 0. The molecular weight excluding hydrogens is 559 g/mol. The maximum absolute atomic E-state index is 13.8. The lowest BCUT2D eigenvalue weighted by Crippen LogP contribution is -2.76. The normalized spacial score (nSPS) is 16.1. The van der Waals surface area contributed by atoms with E-state index in [1.165, 1.54) is 0 Å². The van der Waals surface area contributed by atoms with E-state index in [2.05, 4.69) is 11.3 Å². The Bertz CT molecular complexity index is 795. The molecule has 0 spiro atoms. The number of alkyl halides is 17. The van der Waals surface area contributed by atoms with Crippen LogP contribution < -0.4 is 0 Å². The van der Waals surface area contributed by atoms with Crippen molar-refractivity contribution in [1.82, 2.24) is 0 Å². The Balaban J connectivity index is 6.28. The highest BCUT2D eigenvalue weighted by molar-refractivity contribution is 5.86. The Morgan fingerprint density at radius 2 is 1.06 bits per heavy atom. The Morgan fingerprint density at radius 1 is 0.694 bits per heavy atom. The molecule has 36 heavy (non-hydrogen) atoms. The van der Waals surface area contributed by atoms with E-state index < -0.39 is 79.0 Å². The summed E-state index contributed by atoms with van der Waals surface area (Å²) in [5.74, 6) is -42.7. The molecule has 0 bridgehead atoms. The number of carbonyl (C=O) groups is 1. The van der Waals surface area contributed by atoms with Crippen molar-refractivity contribution in [2.45, 2.75) is 74.3 Å². The average Bonchev–Trinajstić information content (AvgIpc) is 2.67. The number of carbonyl (C=O) groups excluding carboxylic acids is 1. The Labute approximate surface area is 190 Å². The van der Waals surface area contributed by atoms with Crippen molar-refractivity contribution < 1.29 is 84.2 Å². The molecule has 0 aliphatic rings. The molecular formula is C17H15F17O2. The van der Waals surface area contributed by atoms with E-state index in [-0.39, 0.29) is 5.57 Å². The van der Waals surface area contributed by atoms with Gasteiger partial charge in [-0.3, -0.25) is 0 Å². The molecule has 0 fully saturated rings. The van der Waals surface area contributed by atoms with Crippen LogP contribution in [0.15, 0.2) is 12.2 Å². The molecule has 1 atom stereocenters. The summed E-state index contributed by atoms with van der Waals surface area (Å²) < 4.78 is 229. The van der Waals surface area contributed by atoms with E-state index in [1.807, 2.05) is 0 Å². The Kier molecular flexibility index (Phi) is 9.18. The Morgan fingerprint density at radius 3 is 1.39 bits per heavy atom. The van der Waals surface area contributed by atoms with E-state index in [4.69, 9.17) is 0 Å². The summed E-state index contributed by atoms with van der Waals surface area (Å²) in [5.41, 5.74) is -8.81. The molecule has 0 amide bonds. The molecule has 0 aromatic heterocycles. The van der Waals surface area contributed by atoms with Gasteiger partial charge in [0.15, 0.2) is 0 Å². The minimum atomic E-state index is -8.77. The first-order valence-electron chi connectivity index (χ1n) is 9.01. The van der Waals surface area contributed by atoms with Crippen molar-refractivity contribution in [1.29, 1.82) is 0 Å². The van der Waals surface area contributed by atoms with Crippen molar-refractivity contribution in [3.8, 4) is 0 Å². The monoisotopic (exact) mass is 574 g/mol. The number of halogens is 17. The third-order valence-electron chi connectivity index (χ3n) is 4.65. The average molecular weight is 574 g/mol. The lowest BCUT2D eigenvalue weighted by molar-refractivity contribution is -0.465. The van der Waals surface area contributed by atoms with Gasteiger partial charge in [0, 0.05) is 12.0 Å². The molecule has 0 radical (unpaired) electrons. The van der Waals surface area contributed by atoms with Gasteiger partial charge in [0.05, 0.1) is 6.61 Å². The molecule has 0 rings (SSSR count). The van der Waals surface area contributed by atoms with Gasteiger partial charge in [-0.15, -0.1) is 0 Å². The maximum atomic E-state index is 13.8. The molecule has 19 heteroatoms. The molecule has 0 aliphatic carbocycles. The van der Waals surface area contributed by atoms with Gasteiger partial charge in [0.1, 0.15) is 0 Å². The van der Waals surface area contributed by atoms with Gasteiger partial charge in [0.25, 0.3) is 0 Å². The number of ether oxygens (including phenoxy) is 1. The highest BCUT2D eigenvalue weighted by atomic mass is 19.4. The van der Waals surface area contributed by atoms with E-state index in [0.717, 1.165) is 13.8 Å². The fraction of sp³-hybridized carbons (Fsp3) is 0.824. The van der Waals surface area contributed by atoms with E-state index in [1.54, 1.807) is 0 Å². The van der Waals surface area contributed by atoms with Crippen LogP contribution in [0.25, 0.3) is 0 Å². The predicted octanol–water partition coefficient (Wildman–Crippen LogP) is 7.53. The SMILES string of the molecule is C=C(C)C(=O)OCC(C)CCC(F)(F)C(F)(F)C(F)(F)C(F)(F)C(F)(F)C(F)(C(F)(F)F)C(F)(F)F. The zero-order chi connectivity index (χ0) is 29.6. The molecule has 0 heterocycles.